The molecule has 0 aliphatic heterocycles. The second kappa shape index (κ2) is 3.76. The van der Waals surface area contributed by atoms with Crippen LogP contribution in [0.2, 0.25) is 0 Å². The first-order chi connectivity index (χ1) is 6.19. The molecule has 7 heteroatoms. The van der Waals surface area contributed by atoms with E-state index in [2.05, 4.69) is 15.3 Å². The number of rotatable bonds is 3. The second-order valence-corrected chi connectivity index (χ2v) is 2.17. The molecule has 0 aliphatic carbocycles. The molecule has 6 N–H and O–H groups in total. The molecule has 1 rings (SSSR count). The molecule has 0 saturated heterocycles. The van der Waals surface area contributed by atoms with Crippen LogP contribution in [0.25, 0.3) is 0 Å². The minimum Gasteiger partial charge on any atom is -0.449 e. The van der Waals surface area contributed by atoms with Gasteiger partial charge in [0.25, 0.3) is 0 Å². The number of nitrogen functional groups attached to an aromatic ring is 2. The zero-order valence-corrected chi connectivity index (χ0v) is 7.11. The number of aromatic nitrogens is 2. The lowest BCUT2D eigenvalue weighted by Gasteiger charge is -2.08. The molecule has 0 aromatic carbocycles. The van der Waals surface area contributed by atoms with Crippen LogP contribution in [0.1, 0.15) is 0 Å². The third kappa shape index (κ3) is 1.88. The number of nitrogens with two attached hydrogens (primary N) is 2. The number of aliphatic hydroxyl groups excluding tert-OH is 1. The summed E-state index contributed by atoms with van der Waals surface area (Å²) < 4.78 is 4.72. The van der Waals surface area contributed by atoms with Crippen molar-refractivity contribution in [3.05, 3.63) is 0 Å². The molecule has 1 aromatic heterocycles. The number of aliphatic hydroxyl groups is 1. The van der Waals surface area contributed by atoms with Gasteiger partial charge in [-0.15, -0.1) is 0 Å². The number of anilines is 3. The zero-order valence-electron chi connectivity index (χ0n) is 7.11. The van der Waals surface area contributed by atoms with E-state index in [1.165, 1.54) is 0 Å². The molecule has 1 aromatic rings. The van der Waals surface area contributed by atoms with Crippen LogP contribution in [0, 0.1) is 0 Å². The van der Waals surface area contributed by atoms with Crippen molar-refractivity contribution in [2.45, 2.75) is 0 Å². The van der Waals surface area contributed by atoms with Crippen molar-refractivity contribution < 1.29 is 9.84 Å². The van der Waals surface area contributed by atoms with Gasteiger partial charge >= 0.3 is 0 Å². The van der Waals surface area contributed by atoms with E-state index in [-0.39, 0.29) is 17.5 Å². The fraction of sp³-hybridized carbons (Fsp3) is 0.333. The fourth-order valence-electron chi connectivity index (χ4n) is 0.827. The first kappa shape index (κ1) is 9.33. The van der Waals surface area contributed by atoms with Crippen LogP contribution in [0.4, 0.5) is 17.5 Å². The molecule has 7 nitrogen and oxygen atoms in total. The van der Waals surface area contributed by atoms with Crippen molar-refractivity contribution in [2.24, 2.45) is 0 Å². The van der Waals surface area contributed by atoms with Crippen molar-refractivity contribution >= 4 is 17.5 Å². The Morgan fingerprint density at radius 1 is 1.46 bits per heavy atom. The minimum atomic E-state index is -0.510. The summed E-state index contributed by atoms with van der Waals surface area (Å²) in [7, 11) is 1.64. The van der Waals surface area contributed by atoms with Crippen LogP contribution in [0.15, 0.2) is 0 Å². The molecule has 0 radical (unpaired) electrons. The lowest BCUT2D eigenvalue weighted by atomic mass is 10.4. The van der Waals surface area contributed by atoms with Gasteiger partial charge in [-0.05, 0) is 0 Å². The summed E-state index contributed by atoms with van der Waals surface area (Å²) in [6.07, 6.45) is 0. The second-order valence-electron chi connectivity index (χ2n) is 2.17. The Balaban J connectivity index is 3.11. The highest BCUT2D eigenvalue weighted by Crippen LogP contribution is 2.25. The Morgan fingerprint density at radius 3 is 2.69 bits per heavy atom. The molecule has 1 heterocycles. The molecular weight excluding hydrogens is 174 g/mol. The van der Waals surface area contributed by atoms with Crippen LogP contribution >= 0.6 is 0 Å². The Labute approximate surface area is 74.7 Å². The van der Waals surface area contributed by atoms with E-state index in [0.717, 1.165) is 0 Å². The lowest BCUT2D eigenvalue weighted by Crippen LogP contribution is -2.08. The minimum absolute atomic E-state index is 0.0296. The first-order valence-corrected chi connectivity index (χ1v) is 3.53. The summed E-state index contributed by atoms with van der Waals surface area (Å²) in [6.45, 7) is -0.510. The predicted molar refractivity (Wildman–Crippen MR) is 48.1 cm³/mol. The SMILES string of the molecule is CNc1nc(N)nc(OCO)c1N. The van der Waals surface area contributed by atoms with E-state index < -0.39 is 6.79 Å². The van der Waals surface area contributed by atoms with Gasteiger partial charge in [-0.2, -0.15) is 9.97 Å². The molecule has 0 fully saturated rings. The Kier molecular flexibility index (Phi) is 2.70. The number of hydrogen-bond donors (Lipinski definition) is 4. The van der Waals surface area contributed by atoms with Crippen molar-refractivity contribution in [2.75, 3.05) is 30.6 Å². The van der Waals surface area contributed by atoms with Gasteiger partial charge in [-0.3, -0.25) is 0 Å². The van der Waals surface area contributed by atoms with E-state index in [0.29, 0.717) is 5.82 Å². The third-order valence-corrected chi connectivity index (χ3v) is 1.37. The summed E-state index contributed by atoms with van der Waals surface area (Å²) >= 11 is 0. The molecule has 0 spiro atoms. The van der Waals surface area contributed by atoms with E-state index in [4.69, 9.17) is 21.3 Å². The van der Waals surface area contributed by atoms with Crippen molar-refractivity contribution in [3.63, 3.8) is 0 Å². The average Bonchev–Trinajstić information content (AvgIpc) is 2.11. The third-order valence-electron chi connectivity index (χ3n) is 1.37. The standard InChI is InChI=1S/C6H11N5O2/c1-9-4-3(7)5(13-2-12)11-6(8)10-4/h12H,2,7H2,1H3,(H3,8,9,10,11). The van der Waals surface area contributed by atoms with Crippen LogP contribution in [-0.2, 0) is 0 Å². The van der Waals surface area contributed by atoms with Crippen molar-refractivity contribution in [1.82, 2.24) is 9.97 Å². The fourth-order valence-corrected chi connectivity index (χ4v) is 0.827. The van der Waals surface area contributed by atoms with Gasteiger partial charge in [0.2, 0.25) is 11.8 Å². The average molecular weight is 185 g/mol. The van der Waals surface area contributed by atoms with Crippen LogP contribution in [-0.4, -0.2) is 28.9 Å². The molecule has 13 heavy (non-hydrogen) atoms. The van der Waals surface area contributed by atoms with Gasteiger partial charge < -0.3 is 26.6 Å². The number of hydrogen-bond acceptors (Lipinski definition) is 7. The van der Waals surface area contributed by atoms with Crippen LogP contribution in [0.3, 0.4) is 0 Å². The quantitative estimate of drug-likeness (QED) is 0.446. The van der Waals surface area contributed by atoms with E-state index in [1.54, 1.807) is 7.05 Å². The largest absolute Gasteiger partial charge is 0.449 e. The van der Waals surface area contributed by atoms with Gasteiger partial charge in [0.05, 0.1) is 0 Å². The van der Waals surface area contributed by atoms with Gasteiger partial charge in [0.15, 0.2) is 12.6 Å². The van der Waals surface area contributed by atoms with E-state index in [1.807, 2.05) is 0 Å². The highest BCUT2D eigenvalue weighted by atomic mass is 16.6. The highest BCUT2D eigenvalue weighted by molar-refractivity contribution is 5.68. The van der Waals surface area contributed by atoms with E-state index in [9.17, 15) is 0 Å². The molecule has 0 atom stereocenters. The van der Waals surface area contributed by atoms with Gasteiger partial charge in [0, 0.05) is 7.05 Å². The summed E-state index contributed by atoms with van der Waals surface area (Å²) in [5, 5.41) is 11.2. The molecule has 0 unspecified atom stereocenters. The molecule has 72 valence electrons. The molecule has 0 aliphatic rings. The summed E-state index contributed by atoms with van der Waals surface area (Å²) in [5.74, 6) is 0.470. The van der Waals surface area contributed by atoms with Gasteiger partial charge in [-0.25, -0.2) is 0 Å². The molecule has 0 bridgehead atoms. The molecule has 0 amide bonds. The monoisotopic (exact) mass is 185 g/mol. The smallest absolute Gasteiger partial charge is 0.246 e. The molecule has 0 saturated carbocycles. The summed E-state index contributed by atoms with van der Waals surface area (Å²) in [4.78, 5) is 7.49. The normalized spacial score (nSPS) is 9.69. The lowest BCUT2D eigenvalue weighted by molar-refractivity contribution is 0.0950. The van der Waals surface area contributed by atoms with Crippen LogP contribution < -0.4 is 21.5 Å². The maximum Gasteiger partial charge on any atom is 0.246 e. The number of nitrogens with zero attached hydrogens (tertiary/aromatic N) is 2. The van der Waals surface area contributed by atoms with Gasteiger partial charge in [-0.1, -0.05) is 0 Å². The van der Waals surface area contributed by atoms with Crippen LogP contribution in [0.5, 0.6) is 5.88 Å². The summed E-state index contributed by atoms with van der Waals surface area (Å²) in [6, 6.07) is 0. The topological polar surface area (TPSA) is 119 Å². The maximum absolute atomic E-state index is 8.50. The number of nitrogens with one attached hydrogen (secondary N) is 1. The Bertz CT molecular complexity index is 303. The van der Waals surface area contributed by atoms with Crippen molar-refractivity contribution in [3.8, 4) is 5.88 Å². The zero-order chi connectivity index (χ0) is 9.84. The van der Waals surface area contributed by atoms with E-state index >= 15 is 0 Å². The summed E-state index contributed by atoms with van der Waals surface area (Å²) in [5.41, 5.74) is 11.1. The first-order valence-electron chi connectivity index (χ1n) is 3.53. The Morgan fingerprint density at radius 2 is 2.15 bits per heavy atom. The van der Waals surface area contributed by atoms with Crippen molar-refractivity contribution in [1.29, 1.82) is 0 Å². The highest BCUT2D eigenvalue weighted by Gasteiger charge is 2.09. The molecular formula is C6H11N5O2. The number of ether oxygens (including phenoxy) is 1. The maximum atomic E-state index is 8.50. The van der Waals surface area contributed by atoms with Gasteiger partial charge in [0.1, 0.15) is 5.69 Å². The predicted octanol–water partition coefficient (Wildman–Crippen LogP) is -0.989. The Hall–Kier alpha value is -1.76.